The second-order valence-corrected chi connectivity index (χ2v) is 7.04. The number of nitrogens with one attached hydrogen (secondary N) is 1. The normalized spacial score (nSPS) is 17.6. The lowest BCUT2D eigenvalue weighted by atomic mass is 9.99. The van der Waals surface area contributed by atoms with Crippen molar-refractivity contribution in [3.63, 3.8) is 0 Å². The van der Waals surface area contributed by atoms with Crippen molar-refractivity contribution in [2.75, 3.05) is 11.9 Å². The van der Waals surface area contributed by atoms with Gasteiger partial charge < -0.3 is 10.2 Å². The van der Waals surface area contributed by atoms with Gasteiger partial charge in [-0.1, -0.05) is 28.9 Å². The fourth-order valence-corrected chi connectivity index (χ4v) is 3.57. The van der Waals surface area contributed by atoms with Crippen LogP contribution >= 0.6 is 15.9 Å². The van der Waals surface area contributed by atoms with E-state index in [-0.39, 0.29) is 5.91 Å². The Morgan fingerprint density at radius 1 is 1.33 bits per heavy atom. The Kier molecular flexibility index (Phi) is 5.51. The Morgan fingerprint density at radius 2 is 2.21 bits per heavy atom. The van der Waals surface area contributed by atoms with E-state index in [0.29, 0.717) is 11.6 Å². The van der Waals surface area contributed by atoms with Gasteiger partial charge in [0, 0.05) is 28.9 Å². The molecule has 0 spiro atoms. The minimum atomic E-state index is 0.100. The number of aromatic nitrogens is 1. The molecule has 1 atom stereocenters. The molecule has 1 aromatic heterocycles. The van der Waals surface area contributed by atoms with Crippen LogP contribution in [0.2, 0.25) is 0 Å². The predicted octanol–water partition coefficient (Wildman–Crippen LogP) is 4.99. The first kappa shape index (κ1) is 17.0. The number of anilines is 2. The van der Waals surface area contributed by atoms with E-state index in [1.807, 2.05) is 41.3 Å². The molecule has 0 radical (unpaired) electrons. The number of carbonyl (C=O) groups excluding carboxylic acids is 1. The van der Waals surface area contributed by atoms with E-state index in [0.717, 1.165) is 41.8 Å². The van der Waals surface area contributed by atoms with Crippen molar-refractivity contribution < 1.29 is 4.79 Å². The molecule has 1 amide bonds. The van der Waals surface area contributed by atoms with Crippen LogP contribution in [0.1, 0.15) is 43.0 Å². The number of rotatable bonds is 4. The highest BCUT2D eigenvalue weighted by Crippen LogP contribution is 2.23. The zero-order valence-corrected chi connectivity index (χ0v) is 15.4. The lowest BCUT2D eigenvalue weighted by Gasteiger charge is -2.35. The summed E-state index contributed by atoms with van der Waals surface area (Å²) in [5, 5.41) is 3.24. The van der Waals surface area contributed by atoms with Gasteiger partial charge in [0.2, 0.25) is 0 Å². The van der Waals surface area contributed by atoms with Gasteiger partial charge in [0.05, 0.1) is 5.56 Å². The minimum Gasteiger partial charge on any atom is -0.340 e. The molecule has 1 aliphatic heterocycles. The summed E-state index contributed by atoms with van der Waals surface area (Å²) >= 11 is 3.45. The van der Waals surface area contributed by atoms with Gasteiger partial charge in [0.25, 0.3) is 5.91 Å². The van der Waals surface area contributed by atoms with Crippen LogP contribution in [0.4, 0.5) is 11.5 Å². The van der Waals surface area contributed by atoms with Crippen molar-refractivity contribution in [2.24, 2.45) is 0 Å². The summed E-state index contributed by atoms with van der Waals surface area (Å²) in [7, 11) is 0. The smallest absolute Gasteiger partial charge is 0.255 e. The van der Waals surface area contributed by atoms with Gasteiger partial charge in [-0.05, 0) is 56.0 Å². The number of halogens is 1. The summed E-state index contributed by atoms with van der Waals surface area (Å²) in [5.74, 6) is 0.832. The zero-order valence-electron chi connectivity index (χ0n) is 13.8. The molecule has 1 N–H and O–H groups in total. The van der Waals surface area contributed by atoms with Gasteiger partial charge >= 0.3 is 0 Å². The Labute approximate surface area is 151 Å². The van der Waals surface area contributed by atoms with Gasteiger partial charge in [-0.25, -0.2) is 4.98 Å². The number of likely N-dealkylation sites (tertiary alicyclic amines) is 1. The molecular weight excluding hydrogens is 366 g/mol. The monoisotopic (exact) mass is 387 g/mol. The highest BCUT2D eigenvalue weighted by molar-refractivity contribution is 9.10. The fourth-order valence-electron chi connectivity index (χ4n) is 3.17. The van der Waals surface area contributed by atoms with Crippen molar-refractivity contribution in [3.8, 4) is 0 Å². The molecule has 2 heterocycles. The molecule has 5 heteroatoms. The summed E-state index contributed by atoms with van der Waals surface area (Å²) in [5.41, 5.74) is 1.62. The summed E-state index contributed by atoms with van der Waals surface area (Å²) in [4.78, 5) is 19.2. The molecule has 1 fully saturated rings. The van der Waals surface area contributed by atoms with Crippen LogP contribution < -0.4 is 5.32 Å². The third-order valence-electron chi connectivity index (χ3n) is 4.47. The maximum Gasteiger partial charge on any atom is 0.255 e. The maximum absolute atomic E-state index is 12.7. The Morgan fingerprint density at radius 3 is 2.92 bits per heavy atom. The molecule has 1 aromatic carbocycles. The first-order valence-corrected chi connectivity index (χ1v) is 9.26. The van der Waals surface area contributed by atoms with Crippen molar-refractivity contribution in [2.45, 2.75) is 38.6 Å². The fraction of sp³-hybridized carbons (Fsp3) is 0.368. The molecule has 4 nitrogen and oxygen atoms in total. The van der Waals surface area contributed by atoms with Crippen LogP contribution in [-0.4, -0.2) is 28.4 Å². The molecule has 24 heavy (non-hydrogen) atoms. The van der Waals surface area contributed by atoms with Crippen LogP contribution in [0, 0.1) is 0 Å². The summed E-state index contributed by atoms with van der Waals surface area (Å²) in [6.07, 6.45) is 6.11. The molecule has 0 saturated carbocycles. The topological polar surface area (TPSA) is 45.2 Å². The Hall–Kier alpha value is -1.88. The number of nitrogens with zero attached hydrogens (tertiary/aromatic N) is 2. The molecule has 3 rings (SSSR count). The molecule has 1 unspecified atom stereocenters. The SMILES string of the molecule is CCC1CCCCN1C(=O)c1ccc(Nc2cccc(Br)c2)nc1. The number of piperidine rings is 1. The Balaban J connectivity index is 1.70. The molecular formula is C19H22BrN3O. The average molecular weight is 388 g/mol. The van der Waals surface area contributed by atoms with Gasteiger partial charge in [-0.2, -0.15) is 0 Å². The number of hydrogen-bond donors (Lipinski definition) is 1. The number of benzene rings is 1. The van der Waals surface area contributed by atoms with Gasteiger partial charge in [-0.3, -0.25) is 4.79 Å². The van der Waals surface area contributed by atoms with Crippen LogP contribution in [-0.2, 0) is 0 Å². The third kappa shape index (κ3) is 3.96. The number of carbonyl (C=O) groups is 1. The molecule has 1 saturated heterocycles. The van der Waals surface area contributed by atoms with E-state index < -0.39 is 0 Å². The first-order chi connectivity index (χ1) is 11.7. The lowest BCUT2D eigenvalue weighted by molar-refractivity contribution is 0.0607. The summed E-state index contributed by atoms with van der Waals surface area (Å²) in [6.45, 7) is 3.01. The van der Waals surface area contributed by atoms with E-state index in [9.17, 15) is 4.79 Å². The third-order valence-corrected chi connectivity index (χ3v) is 4.96. The van der Waals surface area contributed by atoms with Gasteiger partial charge in [-0.15, -0.1) is 0 Å². The van der Waals surface area contributed by atoms with Gasteiger partial charge in [0.1, 0.15) is 5.82 Å². The quantitative estimate of drug-likeness (QED) is 0.803. The van der Waals surface area contributed by atoms with E-state index >= 15 is 0 Å². The van der Waals surface area contributed by atoms with Crippen molar-refractivity contribution in [3.05, 3.63) is 52.6 Å². The number of hydrogen-bond acceptors (Lipinski definition) is 3. The highest BCUT2D eigenvalue weighted by Gasteiger charge is 2.26. The largest absolute Gasteiger partial charge is 0.340 e. The van der Waals surface area contributed by atoms with E-state index in [1.165, 1.54) is 6.42 Å². The average Bonchev–Trinajstić information content (AvgIpc) is 2.62. The number of pyridine rings is 1. The zero-order chi connectivity index (χ0) is 16.9. The van der Waals surface area contributed by atoms with Crippen molar-refractivity contribution >= 4 is 33.3 Å². The summed E-state index contributed by atoms with van der Waals surface area (Å²) < 4.78 is 1.01. The molecule has 0 aliphatic carbocycles. The van der Waals surface area contributed by atoms with E-state index in [1.54, 1.807) is 6.20 Å². The van der Waals surface area contributed by atoms with Crippen LogP contribution in [0.25, 0.3) is 0 Å². The molecule has 2 aromatic rings. The van der Waals surface area contributed by atoms with Crippen LogP contribution in [0.15, 0.2) is 47.1 Å². The van der Waals surface area contributed by atoms with E-state index in [4.69, 9.17) is 0 Å². The predicted molar refractivity (Wildman–Crippen MR) is 101 cm³/mol. The molecule has 0 bridgehead atoms. The molecule has 1 aliphatic rings. The lowest BCUT2D eigenvalue weighted by Crippen LogP contribution is -2.43. The highest BCUT2D eigenvalue weighted by atomic mass is 79.9. The van der Waals surface area contributed by atoms with Crippen molar-refractivity contribution in [1.82, 2.24) is 9.88 Å². The standard InChI is InChI=1S/C19H22BrN3O/c1-2-17-8-3-4-11-23(17)19(24)14-9-10-18(21-13-14)22-16-7-5-6-15(20)12-16/h5-7,9-10,12-13,17H,2-4,8,11H2,1H3,(H,21,22). The van der Waals surface area contributed by atoms with Gasteiger partial charge in [0.15, 0.2) is 0 Å². The van der Waals surface area contributed by atoms with Crippen molar-refractivity contribution in [1.29, 1.82) is 0 Å². The second-order valence-electron chi connectivity index (χ2n) is 6.12. The molecule has 126 valence electrons. The number of amides is 1. The summed E-state index contributed by atoms with van der Waals surface area (Å²) in [6, 6.07) is 12.0. The van der Waals surface area contributed by atoms with E-state index in [2.05, 4.69) is 33.2 Å². The Bertz CT molecular complexity index is 702. The maximum atomic E-state index is 12.7. The minimum absolute atomic E-state index is 0.100. The second kappa shape index (κ2) is 7.79. The van der Waals surface area contributed by atoms with Crippen LogP contribution in [0.5, 0.6) is 0 Å². The van der Waals surface area contributed by atoms with Crippen LogP contribution in [0.3, 0.4) is 0 Å². The first-order valence-electron chi connectivity index (χ1n) is 8.47.